The zero-order chi connectivity index (χ0) is 21.3. The van der Waals surface area contributed by atoms with Crippen LogP contribution in [0, 0.1) is 29.4 Å². The average molecular weight is 422 g/mol. The summed E-state index contributed by atoms with van der Waals surface area (Å²) in [7, 11) is 0. The van der Waals surface area contributed by atoms with E-state index in [0.717, 1.165) is 43.4 Å². The Hall–Kier alpha value is -1.16. The van der Waals surface area contributed by atoms with Crippen molar-refractivity contribution in [2.24, 2.45) is 23.5 Å². The Balaban J connectivity index is 1.47. The first-order chi connectivity index (χ1) is 14.6. The van der Waals surface area contributed by atoms with E-state index < -0.39 is 11.6 Å². The molecule has 2 N–H and O–H groups in total. The molecule has 0 atom stereocenters. The third-order valence-electron chi connectivity index (χ3n) is 7.67. The monoisotopic (exact) mass is 421 g/mol. The third-order valence-corrected chi connectivity index (χ3v) is 7.67. The molecule has 170 valence electrons. The topological polar surface area (TPSA) is 35.2 Å². The van der Waals surface area contributed by atoms with Crippen LogP contribution in [0.1, 0.15) is 102 Å². The molecular weight excluding hydrogens is 380 g/mol. The van der Waals surface area contributed by atoms with Gasteiger partial charge in [-0.25, -0.2) is 4.39 Å². The zero-order valence-corrected chi connectivity index (χ0v) is 18.8. The molecule has 0 radical (unpaired) electrons. The van der Waals surface area contributed by atoms with Gasteiger partial charge >= 0.3 is 0 Å². The van der Waals surface area contributed by atoms with Crippen LogP contribution < -0.4 is 10.5 Å². The minimum Gasteiger partial charge on any atom is -0.490 e. The fourth-order valence-corrected chi connectivity index (χ4v) is 5.77. The molecule has 0 aliphatic heterocycles. The van der Waals surface area contributed by atoms with Crippen molar-refractivity contribution in [3.63, 3.8) is 0 Å². The molecule has 0 amide bonds. The Labute approximate surface area is 182 Å². The van der Waals surface area contributed by atoms with E-state index in [1.807, 2.05) is 0 Å². The predicted molar refractivity (Wildman–Crippen MR) is 120 cm³/mol. The first kappa shape index (κ1) is 23.5. The zero-order valence-electron chi connectivity index (χ0n) is 18.8. The number of rotatable bonds is 10. The molecule has 2 aliphatic rings. The number of benzene rings is 1. The van der Waals surface area contributed by atoms with Crippen LogP contribution in [0.3, 0.4) is 0 Å². The maximum Gasteiger partial charge on any atom is 0.200 e. The summed E-state index contributed by atoms with van der Waals surface area (Å²) >= 11 is 0. The molecule has 0 heterocycles. The average Bonchev–Trinajstić information content (AvgIpc) is 2.78. The van der Waals surface area contributed by atoms with Gasteiger partial charge < -0.3 is 10.5 Å². The van der Waals surface area contributed by atoms with Crippen molar-refractivity contribution >= 4 is 0 Å². The number of hydrogen-bond donors (Lipinski definition) is 1. The summed E-state index contributed by atoms with van der Waals surface area (Å²) in [6.07, 6.45) is 16.0. The minimum atomic E-state index is -0.840. The fraction of sp³-hybridized carbons (Fsp3) is 0.769. The van der Waals surface area contributed by atoms with Gasteiger partial charge in [0, 0.05) is 0 Å². The van der Waals surface area contributed by atoms with E-state index in [9.17, 15) is 8.78 Å². The number of ether oxygens (including phenoxy) is 1. The Bertz CT molecular complexity index is 634. The number of nitrogens with two attached hydrogens (primary N) is 1. The highest BCUT2D eigenvalue weighted by molar-refractivity contribution is 5.33. The smallest absolute Gasteiger partial charge is 0.200 e. The summed E-state index contributed by atoms with van der Waals surface area (Å²) in [4.78, 5) is 0. The SMILES string of the molecule is CCCCCC1CCC(C2CCC(c3ccc(OCCCN)c(F)c3F)CC2)CC1. The molecule has 1 aromatic rings. The molecule has 30 heavy (non-hydrogen) atoms. The van der Waals surface area contributed by atoms with Crippen LogP contribution in [0.2, 0.25) is 0 Å². The van der Waals surface area contributed by atoms with E-state index >= 15 is 0 Å². The Morgan fingerprint density at radius 3 is 2.17 bits per heavy atom. The Kier molecular flexibility index (Phi) is 9.42. The van der Waals surface area contributed by atoms with E-state index in [1.165, 1.54) is 51.4 Å². The van der Waals surface area contributed by atoms with E-state index in [4.69, 9.17) is 10.5 Å². The molecule has 0 saturated heterocycles. The van der Waals surface area contributed by atoms with Crippen molar-refractivity contribution in [1.29, 1.82) is 0 Å². The van der Waals surface area contributed by atoms with E-state index in [2.05, 4.69) is 6.92 Å². The fourth-order valence-electron chi connectivity index (χ4n) is 5.77. The lowest BCUT2D eigenvalue weighted by molar-refractivity contribution is 0.155. The summed E-state index contributed by atoms with van der Waals surface area (Å²) in [6.45, 7) is 3.07. The Morgan fingerprint density at radius 2 is 1.53 bits per heavy atom. The largest absolute Gasteiger partial charge is 0.490 e. The van der Waals surface area contributed by atoms with Crippen molar-refractivity contribution in [2.45, 2.75) is 96.3 Å². The van der Waals surface area contributed by atoms with Gasteiger partial charge in [-0.2, -0.15) is 4.39 Å². The second kappa shape index (κ2) is 12.0. The standard InChI is InChI=1S/C26H41F2NO/c1-2-3-4-6-19-7-9-20(10-8-19)21-11-13-22(14-12-21)23-15-16-24(26(28)25(23)27)30-18-5-17-29/h15-16,19-22H,2-14,17-18,29H2,1H3. The highest BCUT2D eigenvalue weighted by Crippen LogP contribution is 2.45. The van der Waals surface area contributed by atoms with Gasteiger partial charge in [-0.05, 0) is 86.8 Å². The van der Waals surface area contributed by atoms with Gasteiger partial charge in [-0.15, -0.1) is 0 Å². The minimum absolute atomic E-state index is 0.00841. The highest BCUT2D eigenvalue weighted by atomic mass is 19.2. The van der Waals surface area contributed by atoms with E-state index in [0.29, 0.717) is 25.1 Å². The van der Waals surface area contributed by atoms with Gasteiger partial charge in [-0.1, -0.05) is 51.5 Å². The molecule has 3 rings (SSSR count). The lowest BCUT2D eigenvalue weighted by Gasteiger charge is -2.38. The first-order valence-corrected chi connectivity index (χ1v) is 12.4. The van der Waals surface area contributed by atoms with Gasteiger partial charge in [0.2, 0.25) is 5.82 Å². The summed E-state index contributed by atoms with van der Waals surface area (Å²) in [5.74, 6) is 1.18. The van der Waals surface area contributed by atoms with Gasteiger partial charge in [0.25, 0.3) is 0 Å². The molecule has 4 heteroatoms. The second-order valence-electron chi connectivity index (χ2n) is 9.66. The van der Waals surface area contributed by atoms with Gasteiger partial charge in [0.05, 0.1) is 6.61 Å². The van der Waals surface area contributed by atoms with Crippen LogP contribution in [-0.2, 0) is 0 Å². The molecule has 0 aromatic heterocycles. The molecule has 1 aromatic carbocycles. The van der Waals surface area contributed by atoms with Crippen LogP contribution in [0.5, 0.6) is 5.75 Å². The summed E-state index contributed by atoms with van der Waals surface area (Å²) < 4.78 is 34.5. The number of halogens is 2. The third kappa shape index (κ3) is 6.18. The maximum absolute atomic E-state index is 14.7. The number of hydrogen-bond acceptors (Lipinski definition) is 2. The van der Waals surface area contributed by atoms with E-state index in [1.54, 1.807) is 12.1 Å². The molecular formula is C26H41F2NO. The lowest BCUT2D eigenvalue weighted by Crippen LogP contribution is -2.25. The highest BCUT2D eigenvalue weighted by Gasteiger charge is 2.32. The van der Waals surface area contributed by atoms with Gasteiger partial charge in [-0.3, -0.25) is 0 Å². The van der Waals surface area contributed by atoms with Crippen molar-refractivity contribution in [2.75, 3.05) is 13.2 Å². The van der Waals surface area contributed by atoms with Crippen LogP contribution in [-0.4, -0.2) is 13.2 Å². The first-order valence-electron chi connectivity index (χ1n) is 12.4. The summed E-state index contributed by atoms with van der Waals surface area (Å²) in [5.41, 5.74) is 5.97. The van der Waals surface area contributed by atoms with Gasteiger partial charge in [0.15, 0.2) is 11.6 Å². The van der Waals surface area contributed by atoms with Crippen molar-refractivity contribution in [1.82, 2.24) is 0 Å². The predicted octanol–water partition coefficient (Wildman–Crippen LogP) is 7.35. The number of unbranched alkanes of at least 4 members (excludes halogenated alkanes) is 2. The molecule has 2 aliphatic carbocycles. The molecule has 0 unspecified atom stereocenters. The maximum atomic E-state index is 14.7. The van der Waals surface area contributed by atoms with Crippen molar-refractivity contribution in [3.8, 4) is 5.75 Å². The molecule has 2 fully saturated rings. The van der Waals surface area contributed by atoms with Crippen molar-refractivity contribution < 1.29 is 13.5 Å². The molecule has 2 saturated carbocycles. The van der Waals surface area contributed by atoms with Gasteiger partial charge in [0.1, 0.15) is 0 Å². The normalized spacial score (nSPS) is 27.2. The molecule has 2 nitrogen and oxygen atoms in total. The van der Waals surface area contributed by atoms with Crippen LogP contribution in [0.25, 0.3) is 0 Å². The molecule has 0 spiro atoms. The van der Waals surface area contributed by atoms with Crippen LogP contribution >= 0.6 is 0 Å². The summed E-state index contributed by atoms with van der Waals surface area (Å²) in [5, 5.41) is 0. The van der Waals surface area contributed by atoms with E-state index in [-0.39, 0.29) is 11.7 Å². The lowest BCUT2D eigenvalue weighted by atomic mass is 9.68. The quantitative estimate of drug-likeness (QED) is 0.401. The molecule has 0 bridgehead atoms. The van der Waals surface area contributed by atoms with Crippen LogP contribution in [0.4, 0.5) is 8.78 Å². The van der Waals surface area contributed by atoms with Crippen molar-refractivity contribution in [3.05, 3.63) is 29.3 Å². The van der Waals surface area contributed by atoms with Crippen LogP contribution in [0.15, 0.2) is 12.1 Å². The summed E-state index contributed by atoms with van der Waals surface area (Å²) in [6, 6.07) is 3.33. The Morgan fingerprint density at radius 1 is 0.867 bits per heavy atom. The second-order valence-corrected chi connectivity index (χ2v) is 9.66.